The van der Waals surface area contributed by atoms with Gasteiger partial charge in [-0.3, -0.25) is 4.98 Å². The zero-order valence-corrected chi connectivity index (χ0v) is 10.2. The van der Waals surface area contributed by atoms with Crippen LogP contribution < -0.4 is 5.32 Å². The van der Waals surface area contributed by atoms with Crippen molar-refractivity contribution in [3.8, 4) is 0 Å². The normalized spacial score (nSPS) is 12.1. The number of aliphatic hydroxyl groups is 1. The van der Waals surface area contributed by atoms with E-state index in [2.05, 4.69) is 20.3 Å². The summed E-state index contributed by atoms with van der Waals surface area (Å²) < 4.78 is 0. The highest BCUT2D eigenvalue weighted by Gasteiger charge is 2.11. The zero-order chi connectivity index (χ0) is 12.8. The van der Waals surface area contributed by atoms with E-state index in [4.69, 9.17) is 0 Å². The molecule has 2 aromatic rings. The van der Waals surface area contributed by atoms with Crippen LogP contribution in [0, 0.1) is 0 Å². The molecular formula is C13H16N4O. The van der Waals surface area contributed by atoms with Crippen LogP contribution >= 0.6 is 0 Å². The summed E-state index contributed by atoms with van der Waals surface area (Å²) >= 11 is 0. The number of aromatic nitrogens is 3. The number of nitrogens with zero attached hydrogens (tertiary/aromatic N) is 3. The van der Waals surface area contributed by atoms with Gasteiger partial charge in [0.25, 0.3) is 0 Å². The molecule has 2 N–H and O–H groups in total. The molecule has 2 heterocycles. The molecule has 1 unspecified atom stereocenters. The quantitative estimate of drug-likeness (QED) is 0.835. The van der Waals surface area contributed by atoms with E-state index in [-0.39, 0.29) is 12.6 Å². The lowest BCUT2D eigenvalue weighted by Crippen LogP contribution is -2.17. The Morgan fingerprint density at radius 1 is 1.28 bits per heavy atom. The summed E-state index contributed by atoms with van der Waals surface area (Å²) in [6, 6.07) is 7.23. The molecule has 0 saturated carbocycles. The van der Waals surface area contributed by atoms with Crippen molar-refractivity contribution in [1.29, 1.82) is 0 Å². The number of nitrogens with one attached hydrogen (secondary N) is 1. The lowest BCUT2D eigenvalue weighted by atomic mass is 10.2. The Labute approximate surface area is 106 Å². The highest BCUT2D eigenvalue weighted by atomic mass is 16.3. The van der Waals surface area contributed by atoms with E-state index in [1.807, 2.05) is 31.2 Å². The Hall–Kier alpha value is -2.01. The number of aryl methyl sites for hydroxylation is 1. The third-order valence-electron chi connectivity index (χ3n) is 2.64. The highest BCUT2D eigenvalue weighted by Crippen LogP contribution is 2.15. The summed E-state index contributed by atoms with van der Waals surface area (Å²) in [6.45, 7) is 2.00. The maximum Gasteiger partial charge on any atom is 0.130 e. The van der Waals surface area contributed by atoms with Crippen LogP contribution in [0.25, 0.3) is 0 Å². The summed E-state index contributed by atoms with van der Waals surface area (Å²) in [4.78, 5) is 12.5. The number of pyridine rings is 1. The third-order valence-corrected chi connectivity index (χ3v) is 2.64. The van der Waals surface area contributed by atoms with Gasteiger partial charge in [0.2, 0.25) is 0 Å². The summed E-state index contributed by atoms with van der Waals surface area (Å²) in [7, 11) is 0. The molecule has 0 aliphatic heterocycles. The van der Waals surface area contributed by atoms with Crippen LogP contribution in [-0.4, -0.2) is 26.7 Å². The fourth-order valence-electron chi connectivity index (χ4n) is 1.64. The van der Waals surface area contributed by atoms with E-state index >= 15 is 0 Å². The first-order valence-electron chi connectivity index (χ1n) is 5.92. The maximum atomic E-state index is 9.42. The van der Waals surface area contributed by atoms with E-state index in [1.54, 1.807) is 6.20 Å². The molecular weight excluding hydrogens is 228 g/mol. The fourth-order valence-corrected chi connectivity index (χ4v) is 1.64. The average molecular weight is 244 g/mol. The third kappa shape index (κ3) is 3.01. The minimum absolute atomic E-state index is 0.0392. The number of hydrogen-bond donors (Lipinski definition) is 2. The standard InChI is InChI=1S/C13H16N4O/c1-2-10-7-13(16-9-15-10)17-12(8-18)11-5-3-4-6-14-11/h3-7,9,12,18H,2,8H2,1H3,(H,15,16,17). The van der Waals surface area contributed by atoms with Crippen molar-refractivity contribution < 1.29 is 5.11 Å². The van der Waals surface area contributed by atoms with Crippen LogP contribution in [-0.2, 0) is 6.42 Å². The Balaban J connectivity index is 2.15. The molecule has 0 spiro atoms. The predicted molar refractivity (Wildman–Crippen MR) is 69.1 cm³/mol. The lowest BCUT2D eigenvalue weighted by Gasteiger charge is -2.16. The minimum atomic E-state index is -0.259. The molecule has 0 aromatic carbocycles. The van der Waals surface area contributed by atoms with E-state index in [0.29, 0.717) is 5.82 Å². The van der Waals surface area contributed by atoms with Crippen LogP contribution in [0.3, 0.4) is 0 Å². The molecule has 0 bridgehead atoms. The van der Waals surface area contributed by atoms with Gasteiger partial charge in [-0.1, -0.05) is 13.0 Å². The minimum Gasteiger partial charge on any atom is -0.394 e. The van der Waals surface area contributed by atoms with Crippen molar-refractivity contribution >= 4 is 5.82 Å². The first-order chi connectivity index (χ1) is 8.83. The molecule has 0 radical (unpaired) electrons. The summed E-state index contributed by atoms with van der Waals surface area (Å²) in [5, 5.41) is 12.6. The summed E-state index contributed by atoms with van der Waals surface area (Å²) in [5.41, 5.74) is 1.75. The zero-order valence-electron chi connectivity index (χ0n) is 10.2. The number of anilines is 1. The van der Waals surface area contributed by atoms with Gasteiger partial charge < -0.3 is 10.4 Å². The molecule has 0 fully saturated rings. The van der Waals surface area contributed by atoms with Gasteiger partial charge in [0.05, 0.1) is 18.3 Å². The van der Waals surface area contributed by atoms with Gasteiger partial charge in [0, 0.05) is 18.0 Å². The van der Waals surface area contributed by atoms with Gasteiger partial charge in [0.15, 0.2) is 0 Å². The Bertz CT molecular complexity index is 489. The van der Waals surface area contributed by atoms with Gasteiger partial charge in [0.1, 0.15) is 12.1 Å². The van der Waals surface area contributed by atoms with Gasteiger partial charge in [-0.05, 0) is 18.6 Å². The van der Waals surface area contributed by atoms with Crippen molar-refractivity contribution in [2.24, 2.45) is 0 Å². The van der Waals surface area contributed by atoms with Gasteiger partial charge >= 0.3 is 0 Å². The SMILES string of the molecule is CCc1cc(NC(CO)c2ccccn2)ncn1. The molecule has 2 rings (SSSR count). The molecule has 94 valence electrons. The van der Waals surface area contributed by atoms with E-state index in [1.165, 1.54) is 6.33 Å². The second-order valence-corrected chi connectivity index (χ2v) is 3.88. The average Bonchev–Trinajstić information content (AvgIpc) is 2.46. The summed E-state index contributed by atoms with van der Waals surface area (Å²) in [6.07, 6.45) is 4.08. The highest BCUT2D eigenvalue weighted by molar-refractivity contribution is 5.37. The Morgan fingerprint density at radius 3 is 2.83 bits per heavy atom. The molecule has 1 atom stereocenters. The second kappa shape index (κ2) is 6.07. The molecule has 0 saturated heterocycles. The van der Waals surface area contributed by atoms with Gasteiger partial charge in [-0.2, -0.15) is 0 Å². The molecule has 18 heavy (non-hydrogen) atoms. The first kappa shape index (κ1) is 12.4. The van der Waals surface area contributed by atoms with E-state index in [9.17, 15) is 5.11 Å². The number of hydrogen-bond acceptors (Lipinski definition) is 5. The molecule has 2 aromatic heterocycles. The largest absolute Gasteiger partial charge is 0.394 e. The molecule has 0 aliphatic carbocycles. The van der Waals surface area contributed by atoms with Crippen LogP contribution in [0.2, 0.25) is 0 Å². The smallest absolute Gasteiger partial charge is 0.130 e. The Kier molecular flexibility index (Phi) is 4.20. The molecule has 5 nitrogen and oxygen atoms in total. The van der Waals surface area contributed by atoms with Gasteiger partial charge in [-0.15, -0.1) is 0 Å². The fraction of sp³-hybridized carbons (Fsp3) is 0.308. The van der Waals surface area contributed by atoms with Crippen LogP contribution in [0.15, 0.2) is 36.8 Å². The molecule has 0 aliphatic rings. The van der Waals surface area contributed by atoms with E-state index in [0.717, 1.165) is 17.8 Å². The lowest BCUT2D eigenvalue weighted by molar-refractivity contribution is 0.274. The Morgan fingerprint density at radius 2 is 2.17 bits per heavy atom. The van der Waals surface area contributed by atoms with Gasteiger partial charge in [-0.25, -0.2) is 9.97 Å². The van der Waals surface area contributed by atoms with Crippen LogP contribution in [0.1, 0.15) is 24.4 Å². The van der Waals surface area contributed by atoms with Crippen LogP contribution in [0.4, 0.5) is 5.82 Å². The maximum absolute atomic E-state index is 9.42. The molecule has 0 amide bonds. The monoisotopic (exact) mass is 244 g/mol. The topological polar surface area (TPSA) is 70.9 Å². The number of rotatable bonds is 5. The van der Waals surface area contributed by atoms with Crippen molar-refractivity contribution in [3.05, 3.63) is 48.2 Å². The first-order valence-corrected chi connectivity index (χ1v) is 5.92. The summed E-state index contributed by atoms with van der Waals surface area (Å²) in [5.74, 6) is 0.701. The van der Waals surface area contributed by atoms with E-state index < -0.39 is 0 Å². The van der Waals surface area contributed by atoms with Crippen molar-refractivity contribution in [1.82, 2.24) is 15.0 Å². The number of aliphatic hydroxyl groups excluding tert-OH is 1. The van der Waals surface area contributed by atoms with Crippen molar-refractivity contribution in [3.63, 3.8) is 0 Å². The van der Waals surface area contributed by atoms with Crippen LogP contribution in [0.5, 0.6) is 0 Å². The predicted octanol–water partition coefficient (Wildman–Crippen LogP) is 1.58. The molecule has 5 heteroatoms. The van der Waals surface area contributed by atoms with Crippen molar-refractivity contribution in [2.75, 3.05) is 11.9 Å². The van der Waals surface area contributed by atoms with Crippen molar-refractivity contribution in [2.45, 2.75) is 19.4 Å². The second-order valence-electron chi connectivity index (χ2n) is 3.88.